The third-order valence-corrected chi connectivity index (χ3v) is 4.84. The van der Waals surface area contributed by atoms with E-state index in [9.17, 15) is 19.2 Å². The molecule has 0 aliphatic carbocycles. The topological polar surface area (TPSA) is 104 Å². The Morgan fingerprint density at radius 3 is 2.29 bits per heavy atom. The van der Waals surface area contributed by atoms with E-state index in [-0.39, 0.29) is 4.91 Å². The van der Waals surface area contributed by atoms with Crippen molar-refractivity contribution in [2.45, 2.75) is 0 Å². The minimum absolute atomic E-state index is 0.212. The van der Waals surface area contributed by atoms with E-state index in [1.54, 1.807) is 6.08 Å². The van der Waals surface area contributed by atoms with Gasteiger partial charge < -0.3 is 10.4 Å². The van der Waals surface area contributed by atoms with Gasteiger partial charge in [-0.3, -0.25) is 24.1 Å². The highest BCUT2D eigenvalue weighted by atomic mass is 32.2. The lowest BCUT2D eigenvalue weighted by molar-refractivity contribution is -0.138. The van der Waals surface area contributed by atoms with E-state index in [2.05, 4.69) is 5.32 Å². The van der Waals surface area contributed by atoms with Gasteiger partial charge in [-0.05, 0) is 34.5 Å². The molecule has 3 amide bonds. The maximum atomic E-state index is 12.4. The quantitative estimate of drug-likeness (QED) is 0.728. The lowest BCUT2D eigenvalue weighted by atomic mass is 10.0. The first kappa shape index (κ1) is 19.4. The number of thioether (sulfide) groups is 1. The smallest absolute Gasteiger partial charge is 0.322 e. The number of nitrogens with zero attached hydrogens (tertiary/aromatic N) is 1. The third kappa shape index (κ3) is 4.66. The average molecular weight is 396 g/mol. The van der Waals surface area contributed by atoms with E-state index in [4.69, 9.17) is 5.11 Å². The van der Waals surface area contributed by atoms with Crippen molar-refractivity contribution in [3.8, 4) is 11.1 Å². The monoisotopic (exact) mass is 396 g/mol. The molecule has 0 bridgehead atoms. The maximum absolute atomic E-state index is 12.4. The molecule has 0 spiro atoms. The molecule has 3 rings (SSSR count). The number of carboxylic acids is 1. The molecular weight excluding hydrogens is 380 g/mol. The van der Waals surface area contributed by atoms with E-state index in [1.807, 2.05) is 54.6 Å². The van der Waals surface area contributed by atoms with E-state index < -0.39 is 36.1 Å². The van der Waals surface area contributed by atoms with Gasteiger partial charge in [-0.25, -0.2) is 0 Å². The number of benzene rings is 2. The normalized spacial score (nSPS) is 15.1. The number of carboxylic acid groups (broad SMARTS) is 1. The summed E-state index contributed by atoms with van der Waals surface area (Å²) in [6, 6.07) is 17.4. The van der Waals surface area contributed by atoms with Crippen LogP contribution in [0, 0.1) is 0 Å². The van der Waals surface area contributed by atoms with Crippen molar-refractivity contribution in [2.24, 2.45) is 0 Å². The number of imide groups is 1. The molecular formula is C20H16N2O5S. The molecule has 1 heterocycles. The van der Waals surface area contributed by atoms with Crippen molar-refractivity contribution in [2.75, 3.05) is 13.1 Å². The molecule has 1 saturated heterocycles. The zero-order valence-corrected chi connectivity index (χ0v) is 15.4. The van der Waals surface area contributed by atoms with Gasteiger partial charge >= 0.3 is 5.97 Å². The maximum Gasteiger partial charge on any atom is 0.322 e. The number of nitrogens with one attached hydrogen (secondary N) is 1. The average Bonchev–Trinajstić information content (AvgIpc) is 2.95. The summed E-state index contributed by atoms with van der Waals surface area (Å²) in [5, 5.41) is 10.1. The summed E-state index contributed by atoms with van der Waals surface area (Å²) in [6.07, 6.45) is 1.59. The molecule has 1 fully saturated rings. The minimum Gasteiger partial charge on any atom is -0.480 e. The first-order chi connectivity index (χ1) is 13.4. The van der Waals surface area contributed by atoms with Crippen molar-refractivity contribution in [3.05, 3.63) is 65.1 Å². The summed E-state index contributed by atoms with van der Waals surface area (Å²) in [7, 11) is 0. The van der Waals surface area contributed by atoms with Gasteiger partial charge in [-0.1, -0.05) is 54.6 Å². The van der Waals surface area contributed by atoms with E-state index in [1.165, 1.54) is 0 Å². The van der Waals surface area contributed by atoms with Gasteiger partial charge in [-0.2, -0.15) is 0 Å². The molecule has 1 aliphatic rings. The lowest BCUT2D eigenvalue weighted by Crippen LogP contribution is -2.41. The second kappa shape index (κ2) is 8.53. The summed E-state index contributed by atoms with van der Waals surface area (Å²) < 4.78 is 0. The van der Waals surface area contributed by atoms with Gasteiger partial charge in [0.1, 0.15) is 13.1 Å². The van der Waals surface area contributed by atoms with Crippen LogP contribution in [0.4, 0.5) is 4.79 Å². The lowest BCUT2D eigenvalue weighted by Gasteiger charge is -2.11. The fraction of sp³-hybridized carbons (Fsp3) is 0.100. The van der Waals surface area contributed by atoms with Crippen LogP contribution < -0.4 is 5.32 Å². The van der Waals surface area contributed by atoms with Crippen LogP contribution in [0.1, 0.15) is 5.56 Å². The highest BCUT2D eigenvalue weighted by Crippen LogP contribution is 2.32. The van der Waals surface area contributed by atoms with E-state index in [0.717, 1.165) is 33.4 Å². The summed E-state index contributed by atoms with van der Waals surface area (Å²) in [6.45, 7) is -1.08. The largest absolute Gasteiger partial charge is 0.480 e. The molecule has 0 atom stereocenters. The van der Waals surface area contributed by atoms with E-state index in [0.29, 0.717) is 0 Å². The molecule has 2 aromatic rings. The van der Waals surface area contributed by atoms with Gasteiger partial charge in [0.05, 0.1) is 4.91 Å². The number of hydrogen-bond acceptors (Lipinski definition) is 5. The Morgan fingerprint density at radius 2 is 1.64 bits per heavy atom. The van der Waals surface area contributed by atoms with Crippen LogP contribution in [-0.4, -0.2) is 46.1 Å². The van der Waals surface area contributed by atoms with Crippen LogP contribution in [0.25, 0.3) is 17.2 Å². The van der Waals surface area contributed by atoms with Crippen molar-refractivity contribution < 1.29 is 24.3 Å². The summed E-state index contributed by atoms with van der Waals surface area (Å²) in [5.74, 6) is -2.49. The number of carbonyl (C=O) groups is 4. The Morgan fingerprint density at radius 1 is 1.00 bits per heavy atom. The third-order valence-electron chi connectivity index (χ3n) is 3.93. The zero-order chi connectivity index (χ0) is 20.1. The number of aliphatic carboxylic acids is 1. The molecule has 1 aliphatic heterocycles. The number of carbonyl (C=O) groups excluding carboxylic acids is 3. The van der Waals surface area contributed by atoms with Gasteiger partial charge in [-0.15, -0.1) is 0 Å². The molecule has 8 heteroatoms. The first-order valence-electron chi connectivity index (χ1n) is 8.33. The van der Waals surface area contributed by atoms with Crippen LogP contribution in [0.2, 0.25) is 0 Å². The Balaban J connectivity index is 1.69. The van der Waals surface area contributed by atoms with Gasteiger partial charge in [0.2, 0.25) is 5.91 Å². The number of rotatable bonds is 6. The molecule has 2 aromatic carbocycles. The summed E-state index contributed by atoms with van der Waals surface area (Å²) >= 11 is 0.746. The molecule has 0 aromatic heterocycles. The Bertz CT molecular complexity index is 954. The van der Waals surface area contributed by atoms with Gasteiger partial charge in [0, 0.05) is 0 Å². The highest BCUT2D eigenvalue weighted by Gasteiger charge is 2.36. The molecule has 142 valence electrons. The number of hydrogen-bond donors (Lipinski definition) is 2. The standard InChI is InChI=1S/C20H16N2O5S/c23-17(21-11-18(24)25)12-22-19(26)16(28-20(22)27)10-13-6-8-15(9-7-13)14-4-2-1-3-5-14/h1-10H,11-12H2,(H,21,23)(H,24,25)/b16-10-. The van der Waals surface area contributed by atoms with Crippen molar-refractivity contribution in [1.29, 1.82) is 0 Å². The fourth-order valence-electron chi connectivity index (χ4n) is 2.56. The van der Waals surface area contributed by atoms with Crippen molar-refractivity contribution in [3.63, 3.8) is 0 Å². The van der Waals surface area contributed by atoms with Crippen molar-refractivity contribution in [1.82, 2.24) is 10.2 Å². The number of amides is 3. The van der Waals surface area contributed by atoms with Gasteiger partial charge in [0.25, 0.3) is 11.1 Å². The summed E-state index contributed by atoms with van der Waals surface area (Å²) in [4.78, 5) is 47.6. The van der Waals surface area contributed by atoms with Crippen LogP contribution >= 0.6 is 11.8 Å². The Hall–Kier alpha value is -3.39. The minimum atomic E-state index is -1.21. The zero-order valence-electron chi connectivity index (χ0n) is 14.6. The molecule has 7 nitrogen and oxygen atoms in total. The van der Waals surface area contributed by atoms with E-state index >= 15 is 0 Å². The SMILES string of the molecule is O=C(O)CNC(=O)CN1C(=O)S/C(=C\c2ccc(-c3ccccc3)cc2)C1=O. The Labute approximate surface area is 165 Å². The first-order valence-corrected chi connectivity index (χ1v) is 9.15. The molecule has 2 N–H and O–H groups in total. The predicted molar refractivity (Wildman–Crippen MR) is 105 cm³/mol. The second-order valence-corrected chi connectivity index (χ2v) is 6.92. The van der Waals surface area contributed by atoms with Gasteiger partial charge in [0.15, 0.2) is 0 Å². The molecule has 0 radical (unpaired) electrons. The molecule has 28 heavy (non-hydrogen) atoms. The molecule has 0 unspecified atom stereocenters. The second-order valence-electron chi connectivity index (χ2n) is 5.93. The van der Waals surface area contributed by atoms with Crippen LogP contribution in [0.15, 0.2) is 59.5 Å². The van der Waals surface area contributed by atoms with Crippen molar-refractivity contribution >= 4 is 40.9 Å². The summed E-state index contributed by atoms with van der Waals surface area (Å²) in [5.41, 5.74) is 2.85. The highest BCUT2D eigenvalue weighted by molar-refractivity contribution is 8.18. The molecule has 0 saturated carbocycles. The Kier molecular flexibility index (Phi) is 5.90. The van der Waals surface area contributed by atoms with Crippen LogP contribution in [0.3, 0.4) is 0 Å². The predicted octanol–water partition coefficient (Wildman–Crippen LogP) is 2.59. The fourth-order valence-corrected chi connectivity index (χ4v) is 3.40. The van der Waals surface area contributed by atoms with Crippen LogP contribution in [0.5, 0.6) is 0 Å². The van der Waals surface area contributed by atoms with Crippen LogP contribution in [-0.2, 0) is 14.4 Å².